The first kappa shape index (κ1) is 9.42. The average Bonchev–Trinajstić information content (AvgIpc) is 2.31. The van der Waals surface area contributed by atoms with E-state index in [0.29, 0.717) is 5.71 Å². The van der Waals surface area contributed by atoms with Gasteiger partial charge in [-0.25, -0.2) is 0 Å². The molecule has 0 spiro atoms. The van der Waals surface area contributed by atoms with Crippen LogP contribution in [0.1, 0.15) is 0 Å². The van der Waals surface area contributed by atoms with Crippen molar-refractivity contribution < 1.29 is 0 Å². The van der Waals surface area contributed by atoms with Gasteiger partial charge in [-0.3, -0.25) is 4.99 Å². The fourth-order valence-electron chi connectivity index (χ4n) is 1.33. The van der Waals surface area contributed by atoms with Crippen molar-refractivity contribution in [2.75, 3.05) is 0 Å². The Hall–Kier alpha value is -2.14. The Kier molecular flexibility index (Phi) is 2.75. The molecule has 0 saturated carbocycles. The van der Waals surface area contributed by atoms with E-state index in [0.717, 1.165) is 5.69 Å². The third kappa shape index (κ3) is 2.21. The molecule has 2 rings (SSSR count). The molecule has 1 aromatic carbocycles. The minimum Gasteiger partial charge on any atom is -0.251 e. The van der Waals surface area contributed by atoms with Crippen LogP contribution in [0.25, 0.3) is 0 Å². The van der Waals surface area contributed by atoms with E-state index in [9.17, 15) is 0 Å². The van der Waals surface area contributed by atoms with Crippen LogP contribution in [-0.2, 0) is 0 Å². The normalized spacial score (nSPS) is 21.5. The quantitative estimate of drug-likeness (QED) is 0.675. The Labute approximate surface area is 88.9 Å². The molecule has 0 aromatic heterocycles. The number of hydrogen-bond acceptors (Lipinski definition) is 2. The van der Waals surface area contributed by atoms with Crippen LogP contribution in [0, 0.1) is 23.3 Å². The number of para-hydroxylation sites is 1. The summed E-state index contributed by atoms with van der Waals surface area (Å²) in [5.41, 5.74) is 1.52. The standard InChI is InChI=1S/C13H9N2/c14-10-11-6-4-5-9-13(11)15-12-7-2-1-3-8-12/h1-8,11H. The molecule has 2 heteroatoms. The van der Waals surface area contributed by atoms with Crippen LogP contribution in [0.15, 0.2) is 53.6 Å². The maximum Gasteiger partial charge on any atom is 0.107 e. The number of rotatable bonds is 1. The summed E-state index contributed by atoms with van der Waals surface area (Å²) < 4.78 is 0. The zero-order chi connectivity index (χ0) is 10.5. The second-order valence-corrected chi connectivity index (χ2v) is 3.14. The molecular formula is C13H9N2. The van der Waals surface area contributed by atoms with Crippen LogP contribution >= 0.6 is 0 Å². The third-order valence-corrected chi connectivity index (χ3v) is 2.07. The summed E-state index contributed by atoms with van der Waals surface area (Å²) in [5.74, 6) is -0.282. The first-order valence-corrected chi connectivity index (χ1v) is 4.70. The maximum absolute atomic E-state index is 8.90. The third-order valence-electron chi connectivity index (χ3n) is 2.07. The number of nitrogens with zero attached hydrogens (tertiary/aromatic N) is 2. The van der Waals surface area contributed by atoms with Crippen molar-refractivity contribution in [3.63, 3.8) is 0 Å². The lowest BCUT2D eigenvalue weighted by atomic mass is 10.00. The second-order valence-electron chi connectivity index (χ2n) is 3.14. The van der Waals surface area contributed by atoms with E-state index in [1.165, 1.54) is 0 Å². The van der Waals surface area contributed by atoms with E-state index < -0.39 is 0 Å². The van der Waals surface area contributed by atoms with Gasteiger partial charge in [-0.1, -0.05) is 36.4 Å². The molecule has 1 atom stereocenters. The molecule has 1 aliphatic carbocycles. The molecule has 1 aliphatic rings. The zero-order valence-corrected chi connectivity index (χ0v) is 8.09. The van der Waals surface area contributed by atoms with Crippen molar-refractivity contribution in [3.05, 3.63) is 54.6 Å². The van der Waals surface area contributed by atoms with Gasteiger partial charge >= 0.3 is 0 Å². The van der Waals surface area contributed by atoms with E-state index in [4.69, 9.17) is 5.26 Å². The van der Waals surface area contributed by atoms with Gasteiger partial charge in [0.2, 0.25) is 0 Å². The molecule has 2 nitrogen and oxygen atoms in total. The monoisotopic (exact) mass is 193 g/mol. The predicted octanol–water partition coefficient (Wildman–Crippen LogP) is 2.83. The Bertz CT molecular complexity index is 461. The maximum atomic E-state index is 8.90. The lowest BCUT2D eigenvalue weighted by molar-refractivity contribution is 1.13. The summed E-state index contributed by atoms with van der Waals surface area (Å²) in [6, 6.07) is 11.8. The zero-order valence-electron chi connectivity index (χ0n) is 8.09. The Morgan fingerprint density at radius 1 is 1.27 bits per heavy atom. The average molecular weight is 193 g/mol. The first-order valence-electron chi connectivity index (χ1n) is 4.70. The van der Waals surface area contributed by atoms with Crippen LogP contribution in [-0.4, -0.2) is 5.71 Å². The van der Waals surface area contributed by atoms with Crippen LogP contribution in [0.3, 0.4) is 0 Å². The second kappa shape index (κ2) is 4.39. The molecule has 1 aromatic rings. The Morgan fingerprint density at radius 2 is 2.07 bits per heavy atom. The van der Waals surface area contributed by atoms with E-state index >= 15 is 0 Å². The summed E-state index contributed by atoms with van der Waals surface area (Å²) in [6.45, 7) is 0. The summed E-state index contributed by atoms with van der Waals surface area (Å²) >= 11 is 0. The molecule has 0 saturated heterocycles. The number of allylic oxidation sites excluding steroid dienone is 4. The molecule has 0 bridgehead atoms. The van der Waals surface area contributed by atoms with Crippen molar-refractivity contribution >= 4 is 11.4 Å². The summed E-state index contributed by atoms with van der Waals surface area (Å²) in [4.78, 5) is 4.37. The minimum atomic E-state index is -0.282. The molecule has 1 radical (unpaired) electrons. The lowest BCUT2D eigenvalue weighted by Gasteiger charge is -2.06. The van der Waals surface area contributed by atoms with E-state index in [2.05, 4.69) is 17.1 Å². The van der Waals surface area contributed by atoms with E-state index in [-0.39, 0.29) is 5.92 Å². The summed E-state index contributed by atoms with van der Waals surface area (Å²) in [5, 5.41) is 8.90. The smallest absolute Gasteiger partial charge is 0.107 e. The van der Waals surface area contributed by atoms with Gasteiger partial charge in [0, 0.05) is 6.08 Å². The number of aliphatic imine (C=N–C) groups is 1. The first-order chi connectivity index (χ1) is 7.40. The number of nitriles is 1. The SMILES string of the molecule is N#CC1C=CC=[C]C1=Nc1ccccc1. The van der Waals surface area contributed by atoms with Crippen LogP contribution < -0.4 is 0 Å². The summed E-state index contributed by atoms with van der Waals surface area (Å²) in [7, 11) is 0. The lowest BCUT2D eigenvalue weighted by Crippen LogP contribution is -2.09. The van der Waals surface area contributed by atoms with Crippen LogP contribution in [0.5, 0.6) is 0 Å². The molecule has 0 heterocycles. The molecular weight excluding hydrogens is 184 g/mol. The summed E-state index contributed by atoms with van der Waals surface area (Å²) in [6.07, 6.45) is 8.39. The topological polar surface area (TPSA) is 36.1 Å². The molecule has 71 valence electrons. The van der Waals surface area contributed by atoms with Gasteiger partial charge in [0.1, 0.15) is 5.92 Å². The number of benzene rings is 1. The van der Waals surface area contributed by atoms with E-state index in [1.807, 2.05) is 42.5 Å². The van der Waals surface area contributed by atoms with Crippen molar-refractivity contribution in [2.45, 2.75) is 0 Å². The van der Waals surface area contributed by atoms with Crippen molar-refractivity contribution in [2.24, 2.45) is 10.9 Å². The van der Waals surface area contributed by atoms with Crippen LogP contribution in [0.4, 0.5) is 5.69 Å². The highest BCUT2D eigenvalue weighted by Crippen LogP contribution is 2.15. The fraction of sp³-hybridized carbons (Fsp3) is 0.0769. The highest BCUT2D eigenvalue weighted by molar-refractivity contribution is 5.99. The highest BCUT2D eigenvalue weighted by Gasteiger charge is 2.11. The van der Waals surface area contributed by atoms with Crippen molar-refractivity contribution in [1.29, 1.82) is 5.26 Å². The van der Waals surface area contributed by atoms with Crippen molar-refractivity contribution in [1.82, 2.24) is 0 Å². The fourth-order valence-corrected chi connectivity index (χ4v) is 1.33. The van der Waals surface area contributed by atoms with Gasteiger partial charge < -0.3 is 0 Å². The van der Waals surface area contributed by atoms with Crippen LogP contribution in [0.2, 0.25) is 0 Å². The van der Waals surface area contributed by atoms with Gasteiger partial charge in [0.25, 0.3) is 0 Å². The van der Waals surface area contributed by atoms with Gasteiger partial charge in [0.05, 0.1) is 17.5 Å². The molecule has 0 N–H and O–H groups in total. The molecule has 1 unspecified atom stereocenters. The highest BCUT2D eigenvalue weighted by atomic mass is 14.7. The number of hydrogen-bond donors (Lipinski definition) is 0. The predicted molar refractivity (Wildman–Crippen MR) is 59.6 cm³/mol. The molecule has 15 heavy (non-hydrogen) atoms. The van der Waals surface area contributed by atoms with Gasteiger partial charge in [0.15, 0.2) is 0 Å². The van der Waals surface area contributed by atoms with Gasteiger partial charge in [-0.05, 0) is 12.1 Å². The molecule has 0 fully saturated rings. The Morgan fingerprint density at radius 3 is 2.80 bits per heavy atom. The van der Waals surface area contributed by atoms with Gasteiger partial charge in [-0.2, -0.15) is 5.26 Å². The Balaban J connectivity index is 2.31. The minimum absolute atomic E-state index is 0.282. The molecule has 0 aliphatic heterocycles. The largest absolute Gasteiger partial charge is 0.251 e. The van der Waals surface area contributed by atoms with Gasteiger partial charge in [-0.15, -0.1) is 0 Å². The molecule has 0 amide bonds. The van der Waals surface area contributed by atoms with Crippen molar-refractivity contribution in [3.8, 4) is 6.07 Å². The van der Waals surface area contributed by atoms with E-state index in [1.54, 1.807) is 6.08 Å².